The Kier molecular flexibility index (Phi) is 4.80. The summed E-state index contributed by atoms with van der Waals surface area (Å²) < 4.78 is 0. The van der Waals surface area contributed by atoms with Crippen LogP contribution in [0.3, 0.4) is 0 Å². The molecule has 1 amide bonds. The van der Waals surface area contributed by atoms with Crippen LogP contribution in [0, 0.1) is 5.92 Å². The molecule has 2 rings (SSSR count). The number of aromatic hydroxyl groups is 1. The summed E-state index contributed by atoms with van der Waals surface area (Å²) in [5, 5.41) is 13.9. The van der Waals surface area contributed by atoms with Crippen LogP contribution in [0.2, 0.25) is 5.02 Å². The number of benzene rings is 1. The SMILES string of the molecule is O=C(NN=CC1CCCCC1)c1cc(Cl)ccc1O. The Morgan fingerprint density at radius 2 is 2.11 bits per heavy atom. The second kappa shape index (κ2) is 6.57. The number of amides is 1. The summed E-state index contributed by atoms with van der Waals surface area (Å²) in [5.74, 6) is -0.108. The Balaban J connectivity index is 1.93. The molecule has 2 N–H and O–H groups in total. The Bertz CT molecular complexity index is 482. The van der Waals surface area contributed by atoms with Crippen molar-refractivity contribution in [1.29, 1.82) is 0 Å². The van der Waals surface area contributed by atoms with E-state index in [2.05, 4.69) is 10.5 Å². The van der Waals surface area contributed by atoms with Gasteiger partial charge in [0.15, 0.2) is 0 Å². The molecule has 0 unspecified atom stereocenters. The van der Waals surface area contributed by atoms with E-state index in [9.17, 15) is 9.90 Å². The highest BCUT2D eigenvalue weighted by molar-refractivity contribution is 6.31. The number of nitrogens with one attached hydrogen (secondary N) is 1. The molecule has 1 fully saturated rings. The Labute approximate surface area is 117 Å². The van der Waals surface area contributed by atoms with E-state index in [-0.39, 0.29) is 11.3 Å². The first-order valence-electron chi connectivity index (χ1n) is 6.49. The van der Waals surface area contributed by atoms with E-state index in [0.717, 1.165) is 12.8 Å². The molecule has 0 aliphatic heterocycles. The van der Waals surface area contributed by atoms with Crippen molar-refractivity contribution >= 4 is 23.7 Å². The van der Waals surface area contributed by atoms with Gasteiger partial charge in [0.05, 0.1) is 5.56 Å². The van der Waals surface area contributed by atoms with Crippen molar-refractivity contribution < 1.29 is 9.90 Å². The Morgan fingerprint density at radius 1 is 1.37 bits per heavy atom. The van der Waals surface area contributed by atoms with Gasteiger partial charge in [-0.3, -0.25) is 4.79 Å². The van der Waals surface area contributed by atoms with Crippen molar-refractivity contribution in [3.63, 3.8) is 0 Å². The molecule has 0 heterocycles. The summed E-state index contributed by atoms with van der Waals surface area (Å²) in [6.07, 6.45) is 7.77. The van der Waals surface area contributed by atoms with E-state index < -0.39 is 5.91 Å². The van der Waals surface area contributed by atoms with Crippen molar-refractivity contribution in [1.82, 2.24) is 5.43 Å². The highest BCUT2D eigenvalue weighted by Gasteiger charge is 2.12. The predicted molar refractivity (Wildman–Crippen MR) is 75.7 cm³/mol. The summed E-state index contributed by atoms with van der Waals surface area (Å²) in [4.78, 5) is 11.8. The summed E-state index contributed by atoms with van der Waals surface area (Å²) in [7, 11) is 0. The molecule has 0 radical (unpaired) electrons. The molecular weight excluding hydrogens is 264 g/mol. The quantitative estimate of drug-likeness (QED) is 0.659. The lowest BCUT2D eigenvalue weighted by molar-refractivity contribution is 0.0952. The smallest absolute Gasteiger partial charge is 0.275 e. The fourth-order valence-electron chi connectivity index (χ4n) is 2.23. The summed E-state index contributed by atoms with van der Waals surface area (Å²) in [6.45, 7) is 0. The number of rotatable bonds is 3. The van der Waals surface area contributed by atoms with Gasteiger partial charge in [-0.05, 0) is 37.0 Å². The van der Waals surface area contributed by atoms with Gasteiger partial charge < -0.3 is 5.11 Å². The third-order valence-electron chi connectivity index (χ3n) is 3.30. The normalized spacial score (nSPS) is 16.7. The molecule has 0 bridgehead atoms. The van der Waals surface area contributed by atoms with Crippen LogP contribution in [-0.4, -0.2) is 17.2 Å². The largest absolute Gasteiger partial charge is 0.507 e. The van der Waals surface area contributed by atoms with Gasteiger partial charge in [-0.25, -0.2) is 5.43 Å². The zero-order valence-corrected chi connectivity index (χ0v) is 11.4. The maximum atomic E-state index is 11.8. The molecule has 1 aliphatic carbocycles. The molecule has 1 aromatic carbocycles. The molecule has 19 heavy (non-hydrogen) atoms. The Hall–Kier alpha value is -1.55. The number of carbonyl (C=O) groups excluding carboxylic acids is 1. The minimum atomic E-state index is -0.452. The van der Waals surface area contributed by atoms with Crippen LogP contribution >= 0.6 is 11.6 Å². The summed E-state index contributed by atoms with van der Waals surface area (Å²) >= 11 is 5.79. The van der Waals surface area contributed by atoms with Crippen LogP contribution in [0.5, 0.6) is 5.75 Å². The van der Waals surface area contributed by atoms with Gasteiger partial charge in [-0.1, -0.05) is 30.9 Å². The first-order valence-corrected chi connectivity index (χ1v) is 6.86. The molecule has 0 saturated heterocycles. The molecule has 1 aromatic rings. The molecule has 0 atom stereocenters. The molecule has 1 aliphatic rings. The highest BCUT2D eigenvalue weighted by Crippen LogP contribution is 2.22. The average molecular weight is 281 g/mol. The van der Waals surface area contributed by atoms with Gasteiger partial charge >= 0.3 is 0 Å². The summed E-state index contributed by atoms with van der Waals surface area (Å²) in [5.41, 5.74) is 2.56. The topological polar surface area (TPSA) is 61.7 Å². The van der Waals surface area contributed by atoms with E-state index in [1.165, 1.54) is 37.5 Å². The van der Waals surface area contributed by atoms with Crippen LogP contribution in [-0.2, 0) is 0 Å². The van der Waals surface area contributed by atoms with Crippen molar-refractivity contribution in [2.24, 2.45) is 11.0 Å². The summed E-state index contributed by atoms with van der Waals surface area (Å²) in [6, 6.07) is 4.34. The number of hydrazone groups is 1. The second-order valence-electron chi connectivity index (χ2n) is 4.78. The number of hydrogen-bond acceptors (Lipinski definition) is 3. The number of nitrogens with zero attached hydrogens (tertiary/aromatic N) is 1. The van der Waals surface area contributed by atoms with Crippen LogP contribution in [0.4, 0.5) is 0 Å². The van der Waals surface area contributed by atoms with Crippen LogP contribution in [0.1, 0.15) is 42.5 Å². The standard InChI is InChI=1S/C14H17ClN2O2/c15-11-6-7-13(18)12(8-11)14(19)17-16-9-10-4-2-1-3-5-10/h6-10,18H,1-5H2,(H,17,19). The van der Waals surface area contributed by atoms with Crippen LogP contribution in [0.15, 0.2) is 23.3 Å². The van der Waals surface area contributed by atoms with E-state index >= 15 is 0 Å². The lowest BCUT2D eigenvalue weighted by atomic mass is 9.90. The monoisotopic (exact) mass is 280 g/mol. The van der Waals surface area contributed by atoms with Gasteiger partial charge in [-0.2, -0.15) is 5.10 Å². The van der Waals surface area contributed by atoms with Gasteiger partial charge in [-0.15, -0.1) is 0 Å². The van der Waals surface area contributed by atoms with E-state index in [1.807, 2.05) is 0 Å². The predicted octanol–water partition coefficient (Wildman–Crippen LogP) is 3.34. The lowest BCUT2D eigenvalue weighted by Crippen LogP contribution is -2.19. The lowest BCUT2D eigenvalue weighted by Gasteiger charge is -2.16. The molecule has 0 spiro atoms. The highest BCUT2D eigenvalue weighted by atomic mass is 35.5. The molecule has 4 nitrogen and oxygen atoms in total. The van der Waals surface area contributed by atoms with Gasteiger partial charge in [0.2, 0.25) is 0 Å². The minimum Gasteiger partial charge on any atom is -0.507 e. The van der Waals surface area contributed by atoms with E-state index in [4.69, 9.17) is 11.6 Å². The molecule has 1 saturated carbocycles. The number of phenolic OH excluding ortho intramolecular Hbond substituents is 1. The zero-order valence-electron chi connectivity index (χ0n) is 10.6. The number of phenols is 1. The minimum absolute atomic E-state index is 0.102. The zero-order chi connectivity index (χ0) is 13.7. The van der Waals surface area contributed by atoms with Crippen molar-refractivity contribution in [3.8, 4) is 5.75 Å². The van der Waals surface area contributed by atoms with Gasteiger partial charge in [0.1, 0.15) is 5.75 Å². The van der Waals surface area contributed by atoms with Crippen molar-refractivity contribution in [2.75, 3.05) is 0 Å². The van der Waals surface area contributed by atoms with Crippen molar-refractivity contribution in [2.45, 2.75) is 32.1 Å². The third-order valence-corrected chi connectivity index (χ3v) is 3.54. The number of halogens is 1. The van der Waals surface area contributed by atoms with Gasteiger partial charge in [0.25, 0.3) is 5.91 Å². The number of carbonyl (C=O) groups is 1. The molecule has 102 valence electrons. The molecule has 5 heteroatoms. The fourth-order valence-corrected chi connectivity index (χ4v) is 2.41. The van der Waals surface area contributed by atoms with Gasteiger partial charge in [0, 0.05) is 11.2 Å². The average Bonchev–Trinajstić information content (AvgIpc) is 2.42. The van der Waals surface area contributed by atoms with Crippen LogP contribution in [0.25, 0.3) is 0 Å². The Morgan fingerprint density at radius 3 is 2.84 bits per heavy atom. The fraction of sp³-hybridized carbons (Fsp3) is 0.429. The molecule has 0 aromatic heterocycles. The second-order valence-corrected chi connectivity index (χ2v) is 5.22. The van der Waals surface area contributed by atoms with E-state index in [1.54, 1.807) is 6.21 Å². The molecular formula is C14H17ClN2O2. The maximum Gasteiger partial charge on any atom is 0.275 e. The first kappa shape index (κ1) is 13.9. The van der Waals surface area contributed by atoms with E-state index in [0.29, 0.717) is 10.9 Å². The first-order chi connectivity index (χ1) is 9.16. The van der Waals surface area contributed by atoms with Crippen molar-refractivity contribution in [3.05, 3.63) is 28.8 Å². The maximum absolute atomic E-state index is 11.8. The number of hydrogen-bond donors (Lipinski definition) is 2. The van der Waals surface area contributed by atoms with Crippen LogP contribution < -0.4 is 5.43 Å². The third kappa shape index (κ3) is 3.96.